The highest BCUT2D eigenvalue weighted by molar-refractivity contribution is 5.69. The quantitative estimate of drug-likeness (QED) is 0.232. The molecule has 1 fully saturated rings. The first-order valence-corrected chi connectivity index (χ1v) is 11.9. The number of rotatable bonds is 18. The number of hydrogen-bond donors (Lipinski definition) is 3. The van der Waals surface area contributed by atoms with E-state index in [2.05, 4.69) is 6.92 Å². The van der Waals surface area contributed by atoms with E-state index in [1.165, 1.54) is 70.6 Å². The normalized spacial score (nSPS) is 22.7. The van der Waals surface area contributed by atoms with Crippen LogP contribution in [-0.2, 0) is 14.3 Å². The molecular weight excluding hydrogens is 372 g/mol. The Morgan fingerprint density at radius 2 is 1.38 bits per heavy atom. The molecule has 0 aliphatic carbocycles. The van der Waals surface area contributed by atoms with E-state index in [0.717, 1.165) is 19.3 Å². The van der Waals surface area contributed by atoms with Gasteiger partial charge in [-0.1, -0.05) is 90.4 Å². The van der Waals surface area contributed by atoms with Gasteiger partial charge in [0.25, 0.3) is 0 Å². The Kier molecular flexibility index (Phi) is 15.5. The standard InChI is InChI=1S/C23H44O6/c1-2-3-4-5-6-7-8-9-10-11-12-13-14-15-16-21(26)29-20(17-24)23-22(27)19(25)18-28-23/h19-20,22-25,27H,2-18H2,1H3/t19-,20?,22-,23?/m1/s1. The molecule has 0 aromatic carbocycles. The van der Waals surface area contributed by atoms with Gasteiger partial charge in [0, 0.05) is 6.42 Å². The van der Waals surface area contributed by atoms with Crippen LogP contribution in [0.5, 0.6) is 0 Å². The second kappa shape index (κ2) is 17.0. The van der Waals surface area contributed by atoms with E-state index >= 15 is 0 Å². The van der Waals surface area contributed by atoms with E-state index < -0.39 is 31.0 Å². The minimum absolute atomic E-state index is 0.0150. The number of carbonyl (C=O) groups is 1. The molecular formula is C23H44O6. The van der Waals surface area contributed by atoms with Crippen molar-refractivity contribution in [2.75, 3.05) is 13.2 Å². The van der Waals surface area contributed by atoms with Crippen LogP contribution in [0.25, 0.3) is 0 Å². The van der Waals surface area contributed by atoms with Crippen molar-refractivity contribution < 1.29 is 29.6 Å². The Hall–Kier alpha value is -0.690. The summed E-state index contributed by atoms with van der Waals surface area (Å²) in [5.41, 5.74) is 0. The lowest BCUT2D eigenvalue weighted by Crippen LogP contribution is -2.43. The van der Waals surface area contributed by atoms with Crippen molar-refractivity contribution in [3.05, 3.63) is 0 Å². The summed E-state index contributed by atoms with van der Waals surface area (Å²) < 4.78 is 10.5. The highest BCUT2D eigenvalue weighted by Crippen LogP contribution is 2.20. The fourth-order valence-corrected chi connectivity index (χ4v) is 3.85. The zero-order valence-corrected chi connectivity index (χ0v) is 18.4. The first-order valence-electron chi connectivity index (χ1n) is 11.9. The first kappa shape index (κ1) is 26.3. The van der Waals surface area contributed by atoms with Crippen LogP contribution in [0.3, 0.4) is 0 Å². The minimum atomic E-state index is -1.14. The third kappa shape index (κ3) is 11.9. The van der Waals surface area contributed by atoms with E-state index in [-0.39, 0.29) is 12.6 Å². The predicted molar refractivity (Wildman–Crippen MR) is 114 cm³/mol. The first-order chi connectivity index (χ1) is 14.1. The molecule has 3 N–H and O–H groups in total. The number of aliphatic hydroxyl groups is 3. The zero-order valence-electron chi connectivity index (χ0n) is 18.4. The van der Waals surface area contributed by atoms with Crippen LogP contribution >= 0.6 is 0 Å². The molecule has 2 unspecified atom stereocenters. The second-order valence-electron chi connectivity index (χ2n) is 8.41. The van der Waals surface area contributed by atoms with Crippen LogP contribution < -0.4 is 0 Å². The van der Waals surface area contributed by atoms with Crippen molar-refractivity contribution in [3.8, 4) is 0 Å². The number of hydrogen-bond acceptors (Lipinski definition) is 6. The van der Waals surface area contributed by atoms with Crippen LogP contribution in [0.4, 0.5) is 0 Å². The Morgan fingerprint density at radius 1 is 0.897 bits per heavy atom. The van der Waals surface area contributed by atoms with Gasteiger partial charge in [-0.15, -0.1) is 0 Å². The summed E-state index contributed by atoms with van der Waals surface area (Å²) >= 11 is 0. The summed E-state index contributed by atoms with van der Waals surface area (Å²) in [6.45, 7) is 1.81. The molecule has 4 atom stereocenters. The van der Waals surface area contributed by atoms with Crippen LogP contribution in [0.2, 0.25) is 0 Å². The van der Waals surface area contributed by atoms with Crippen molar-refractivity contribution in [3.63, 3.8) is 0 Å². The maximum atomic E-state index is 11.9. The summed E-state index contributed by atoms with van der Waals surface area (Å²) in [6, 6.07) is 0. The SMILES string of the molecule is CCCCCCCCCCCCCCCCC(=O)OC(CO)C1OC[C@@H](O)[C@H]1O. The molecule has 6 heteroatoms. The molecule has 0 bridgehead atoms. The molecule has 6 nitrogen and oxygen atoms in total. The third-order valence-electron chi connectivity index (χ3n) is 5.75. The smallest absolute Gasteiger partial charge is 0.306 e. The molecule has 0 saturated carbocycles. The average molecular weight is 417 g/mol. The number of carbonyl (C=O) groups excluding carboxylic acids is 1. The van der Waals surface area contributed by atoms with Gasteiger partial charge in [0.15, 0.2) is 6.10 Å². The lowest BCUT2D eigenvalue weighted by atomic mass is 10.0. The molecule has 1 aliphatic rings. The zero-order chi connectivity index (χ0) is 21.3. The minimum Gasteiger partial charge on any atom is -0.457 e. The molecule has 29 heavy (non-hydrogen) atoms. The maximum Gasteiger partial charge on any atom is 0.306 e. The summed E-state index contributed by atoms with van der Waals surface area (Å²) in [5.74, 6) is -0.389. The Bertz CT molecular complexity index is 403. The Morgan fingerprint density at radius 3 is 1.79 bits per heavy atom. The third-order valence-corrected chi connectivity index (χ3v) is 5.75. The predicted octanol–water partition coefficient (Wildman–Crippen LogP) is 3.88. The monoisotopic (exact) mass is 416 g/mol. The number of esters is 1. The molecule has 172 valence electrons. The summed E-state index contributed by atoms with van der Waals surface area (Å²) in [4.78, 5) is 11.9. The number of ether oxygens (including phenoxy) is 2. The van der Waals surface area contributed by atoms with E-state index in [0.29, 0.717) is 6.42 Å². The molecule has 0 amide bonds. The van der Waals surface area contributed by atoms with Gasteiger partial charge in [-0.2, -0.15) is 0 Å². The van der Waals surface area contributed by atoms with Gasteiger partial charge in [0.1, 0.15) is 18.3 Å². The van der Waals surface area contributed by atoms with Gasteiger partial charge < -0.3 is 24.8 Å². The summed E-state index contributed by atoms with van der Waals surface area (Å²) in [5, 5.41) is 28.7. The van der Waals surface area contributed by atoms with Gasteiger partial charge in [0.05, 0.1) is 13.2 Å². The molecule has 0 spiro atoms. The summed E-state index contributed by atoms with van der Waals surface area (Å²) in [7, 11) is 0. The van der Waals surface area contributed by atoms with Gasteiger partial charge in [-0.25, -0.2) is 0 Å². The molecule has 1 heterocycles. The van der Waals surface area contributed by atoms with Crippen molar-refractivity contribution in [1.82, 2.24) is 0 Å². The second-order valence-corrected chi connectivity index (χ2v) is 8.41. The molecule has 0 aromatic rings. The van der Waals surface area contributed by atoms with E-state index in [4.69, 9.17) is 9.47 Å². The van der Waals surface area contributed by atoms with Crippen molar-refractivity contribution >= 4 is 5.97 Å². The fourth-order valence-electron chi connectivity index (χ4n) is 3.85. The van der Waals surface area contributed by atoms with Crippen molar-refractivity contribution in [1.29, 1.82) is 0 Å². The Labute approximate surface area is 177 Å². The lowest BCUT2D eigenvalue weighted by Gasteiger charge is -2.24. The van der Waals surface area contributed by atoms with Crippen molar-refractivity contribution in [2.45, 2.75) is 128 Å². The topological polar surface area (TPSA) is 96.2 Å². The van der Waals surface area contributed by atoms with Gasteiger partial charge in [-0.05, 0) is 6.42 Å². The molecule has 1 rings (SSSR count). The average Bonchev–Trinajstić information content (AvgIpc) is 3.05. The molecule has 1 aliphatic heterocycles. The van der Waals surface area contributed by atoms with E-state index in [1.807, 2.05) is 0 Å². The number of aliphatic hydroxyl groups excluding tert-OH is 3. The molecule has 0 radical (unpaired) electrons. The van der Waals surface area contributed by atoms with Gasteiger partial charge in [0.2, 0.25) is 0 Å². The molecule has 1 saturated heterocycles. The lowest BCUT2D eigenvalue weighted by molar-refractivity contribution is -0.162. The van der Waals surface area contributed by atoms with Crippen LogP contribution in [0, 0.1) is 0 Å². The maximum absolute atomic E-state index is 11.9. The number of unbranched alkanes of at least 4 members (excludes halogenated alkanes) is 13. The van der Waals surface area contributed by atoms with Crippen LogP contribution in [0.1, 0.15) is 103 Å². The largest absolute Gasteiger partial charge is 0.457 e. The van der Waals surface area contributed by atoms with Crippen molar-refractivity contribution in [2.24, 2.45) is 0 Å². The summed E-state index contributed by atoms with van der Waals surface area (Å²) in [6.07, 6.45) is 14.0. The highest BCUT2D eigenvalue weighted by Gasteiger charge is 2.41. The highest BCUT2D eigenvalue weighted by atomic mass is 16.6. The van der Waals surface area contributed by atoms with Gasteiger partial charge >= 0.3 is 5.97 Å². The fraction of sp³-hybridized carbons (Fsp3) is 0.957. The van der Waals surface area contributed by atoms with E-state index in [9.17, 15) is 20.1 Å². The Balaban J connectivity index is 1.92. The molecule has 0 aromatic heterocycles. The van der Waals surface area contributed by atoms with Gasteiger partial charge in [-0.3, -0.25) is 4.79 Å². The van der Waals surface area contributed by atoms with Crippen LogP contribution in [0.15, 0.2) is 0 Å². The van der Waals surface area contributed by atoms with E-state index in [1.54, 1.807) is 0 Å². The van der Waals surface area contributed by atoms with Crippen LogP contribution in [-0.4, -0.2) is 58.9 Å².